The third-order valence-corrected chi connectivity index (χ3v) is 7.75. The first kappa shape index (κ1) is 24.6. The Bertz CT molecular complexity index is 707. The van der Waals surface area contributed by atoms with E-state index in [1.54, 1.807) is 24.9 Å². The highest BCUT2D eigenvalue weighted by Crippen LogP contribution is 2.38. The molecule has 7 nitrogen and oxygen atoms in total. The summed E-state index contributed by atoms with van der Waals surface area (Å²) in [4.78, 5) is 12.9. The molecule has 0 bridgehead atoms. The fourth-order valence-corrected chi connectivity index (χ4v) is 5.49. The van der Waals surface area contributed by atoms with Gasteiger partial charge in [0.1, 0.15) is 0 Å². The number of carbonyl (C=O) groups is 1. The van der Waals surface area contributed by atoms with Crippen molar-refractivity contribution in [1.82, 2.24) is 5.16 Å². The number of thioether (sulfide) groups is 1. The van der Waals surface area contributed by atoms with Gasteiger partial charge < -0.3 is 18.7 Å². The van der Waals surface area contributed by atoms with Gasteiger partial charge in [-0.15, -0.1) is 11.8 Å². The number of methoxy groups -OCH3 is 1. The molecule has 1 aromatic rings. The largest absolute Gasteiger partial charge is 0.381 e. The number of hydrogen-bond donors (Lipinski definition) is 1. The lowest BCUT2D eigenvalue weighted by atomic mass is 9.90. The first-order valence-electron chi connectivity index (χ1n) is 11.4. The first-order valence-corrected chi connectivity index (χ1v) is 12.3. The smallest absolute Gasteiger partial charge is 0.242 e. The van der Waals surface area contributed by atoms with E-state index in [4.69, 9.17) is 18.7 Å². The lowest BCUT2D eigenvalue weighted by Gasteiger charge is -2.32. The summed E-state index contributed by atoms with van der Waals surface area (Å²) in [5.41, 5.74) is 0.402. The number of hydrogen-bond acceptors (Lipinski definition) is 7. The maximum Gasteiger partial charge on any atom is 0.242 e. The molecule has 0 aromatic carbocycles. The first-order chi connectivity index (χ1) is 14.7. The summed E-state index contributed by atoms with van der Waals surface area (Å²) in [6.45, 7) is 9.27. The number of aromatic nitrogens is 1. The molecule has 1 saturated heterocycles. The minimum atomic E-state index is -0.561. The summed E-state index contributed by atoms with van der Waals surface area (Å²) < 4.78 is 21.9. The predicted octanol–water partition coefficient (Wildman–Crippen LogP) is 4.90. The van der Waals surface area contributed by atoms with Gasteiger partial charge in [0, 0.05) is 30.4 Å². The zero-order valence-corrected chi connectivity index (χ0v) is 20.4. The molecule has 2 aliphatic rings. The van der Waals surface area contributed by atoms with Crippen molar-refractivity contribution in [2.24, 2.45) is 0 Å². The molecule has 1 saturated carbocycles. The quantitative estimate of drug-likeness (QED) is 0.568. The lowest BCUT2D eigenvalue weighted by Crippen LogP contribution is -2.37. The van der Waals surface area contributed by atoms with Gasteiger partial charge in [-0.3, -0.25) is 10.1 Å². The number of nitrogens with zero attached hydrogens (tertiary/aromatic N) is 1. The maximum atomic E-state index is 12.9. The van der Waals surface area contributed by atoms with Crippen LogP contribution in [0.1, 0.15) is 78.3 Å². The summed E-state index contributed by atoms with van der Waals surface area (Å²) in [5, 5.41) is 7.57. The van der Waals surface area contributed by atoms with Crippen molar-refractivity contribution in [3.63, 3.8) is 0 Å². The molecule has 0 spiro atoms. The number of anilines is 1. The Balaban J connectivity index is 1.51. The van der Waals surface area contributed by atoms with Crippen LogP contribution in [-0.2, 0) is 24.4 Å². The Kier molecular flexibility index (Phi) is 8.46. The average molecular weight is 455 g/mol. The molecule has 1 aliphatic heterocycles. The topological polar surface area (TPSA) is 82.8 Å². The molecular weight excluding hydrogens is 416 g/mol. The van der Waals surface area contributed by atoms with Crippen molar-refractivity contribution in [2.75, 3.05) is 25.6 Å². The van der Waals surface area contributed by atoms with Crippen molar-refractivity contribution >= 4 is 23.6 Å². The third-order valence-electron chi connectivity index (χ3n) is 6.17. The second kappa shape index (κ2) is 10.7. The van der Waals surface area contributed by atoms with Gasteiger partial charge in [0.15, 0.2) is 6.29 Å². The Labute approximate surface area is 190 Å². The van der Waals surface area contributed by atoms with Gasteiger partial charge in [-0.25, -0.2) is 0 Å². The summed E-state index contributed by atoms with van der Waals surface area (Å²) in [5.74, 6) is 0.303. The molecule has 1 atom stereocenters. The Morgan fingerprint density at radius 1 is 1.19 bits per heavy atom. The monoisotopic (exact) mass is 454 g/mol. The number of carbonyl (C=O) groups excluding carboxylic acids is 1. The SMILES string of the molecule is COC1CCC(SC(C)(C)C(=O)Nc2cc(C(C)(C)COC3CCCCO3)no2)CC1. The predicted molar refractivity (Wildman–Crippen MR) is 122 cm³/mol. The number of rotatable bonds is 9. The number of nitrogens with one attached hydrogen (secondary N) is 1. The van der Waals surface area contributed by atoms with Crippen LogP contribution in [0.5, 0.6) is 0 Å². The molecule has 0 radical (unpaired) electrons. The van der Waals surface area contributed by atoms with E-state index in [-0.39, 0.29) is 17.6 Å². The van der Waals surface area contributed by atoms with E-state index in [1.807, 2.05) is 13.8 Å². The van der Waals surface area contributed by atoms with Gasteiger partial charge in [-0.1, -0.05) is 19.0 Å². The highest BCUT2D eigenvalue weighted by molar-refractivity contribution is 8.02. The standard InChI is InChI=1S/C23H38N2O5S/c1-22(2,15-29-20-8-6-7-13-28-20)18-14-19(30-25-18)24-21(26)23(3,4)31-17-11-9-16(27-5)10-12-17/h14,16-17,20H,6-13,15H2,1-5H3,(H,24,26). The molecule has 8 heteroatoms. The van der Waals surface area contributed by atoms with Crippen LogP contribution in [0.15, 0.2) is 10.6 Å². The maximum absolute atomic E-state index is 12.9. The molecule has 1 aromatic heterocycles. The third kappa shape index (κ3) is 6.94. The summed E-state index contributed by atoms with van der Waals surface area (Å²) in [6.07, 6.45) is 7.63. The molecule has 1 aliphatic carbocycles. The van der Waals surface area contributed by atoms with E-state index in [0.29, 0.717) is 23.8 Å². The van der Waals surface area contributed by atoms with Gasteiger partial charge >= 0.3 is 0 Å². The second-order valence-corrected chi connectivity index (χ2v) is 11.7. The zero-order valence-electron chi connectivity index (χ0n) is 19.6. The second-order valence-electron chi connectivity index (χ2n) is 9.78. The Morgan fingerprint density at radius 3 is 2.58 bits per heavy atom. The summed E-state index contributed by atoms with van der Waals surface area (Å²) in [7, 11) is 1.78. The van der Waals surface area contributed by atoms with Crippen molar-refractivity contribution in [3.05, 3.63) is 11.8 Å². The minimum absolute atomic E-state index is 0.0706. The highest BCUT2D eigenvalue weighted by Gasteiger charge is 2.35. The molecule has 176 valence electrons. The van der Waals surface area contributed by atoms with Gasteiger partial charge in [0.2, 0.25) is 11.8 Å². The van der Waals surface area contributed by atoms with E-state index < -0.39 is 4.75 Å². The molecule has 3 rings (SSSR count). The Morgan fingerprint density at radius 2 is 1.94 bits per heavy atom. The fourth-order valence-electron chi connectivity index (χ4n) is 3.99. The van der Waals surface area contributed by atoms with Crippen molar-refractivity contribution in [1.29, 1.82) is 0 Å². The molecule has 1 unspecified atom stereocenters. The zero-order chi connectivity index (χ0) is 22.5. The van der Waals surface area contributed by atoms with Crippen LogP contribution >= 0.6 is 11.8 Å². The van der Waals surface area contributed by atoms with Crippen LogP contribution in [0, 0.1) is 0 Å². The van der Waals surface area contributed by atoms with E-state index in [9.17, 15) is 4.79 Å². The van der Waals surface area contributed by atoms with E-state index in [2.05, 4.69) is 24.3 Å². The van der Waals surface area contributed by atoms with Gasteiger partial charge in [0.05, 0.1) is 23.2 Å². The van der Waals surface area contributed by atoms with Gasteiger partial charge in [-0.2, -0.15) is 0 Å². The molecule has 1 amide bonds. The van der Waals surface area contributed by atoms with Crippen molar-refractivity contribution in [2.45, 2.75) is 100 Å². The van der Waals surface area contributed by atoms with Crippen LogP contribution in [0.4, 0.5) is 5.88 Å². The van der Waals surface area contributed by atoms with Crippen molar-refractivity contribution < 1.29 is 23.5 Å². The number of ether oxygens (including phenoxy) is 3. The highest BCUT2D eigenvalue weighted by atomic mass is 32.2. The normalized spacial score (nSPS) is 25.4. The summed E-state index contributed by atoms with van der Waals surface area (Å²) >= 11 is 1.74. The van der Waals surface area contributed by atoms with Crippen LogP contribution in [0.25, 0.3) is 0 Å². The van der Waals surface area contributed by atoms with Crippen LogP contribution < -0.4 is 5.32 Å². The van der Waals surface area contributed by atoms with Crippen molar-refractivity contribution in [3.8, 4) is 0 Å². The molecule has 2 fully saturated rings. The van der Waals surface area contributed by atoms with E-state index >= 15 is 0 Å². The summed E-state index contributed by atoms with van der Waals surface area (Å²) in [6, 6.07) is 1.80. The molecule has 31 heavy (non-hydrogen) atoms. The molecule has 2 heterocycles. The molecular formula is C23H38N2O5S. The lowest BCUT2D eigenvalue weighted by molar-refractivity contribution is -0.170. The molecule has 1 N–H and O–H groups in total. The van der Waals surface area contributed by atoms with Gasteiger partial charge in [0.25, 0.3) is 0 Å². The van der Waals surface area contributed by atoms with E-state index in [0.717, 1.165) is 57.2 Å². The fraction of sp³-hybridized carbons (Fsp3) is 0.826. The average Bonchev–Trinajstić information content (AvgIpc) is 3.23. The van der Waals surface area contributed by atoms with Gasteiger partial charge in [-0.05, 0) is 58.8 Å². The number of amides is 1. The van der Waals surface area contributed by atoms with Crippen LogP contribution in [0.2, 0.25) is 0 Å². The van der Waals surface area contributed by atoms with Crippen LogP contribution in [-0.4, -0.2) is 53.8 Å². The van der Waals surface area contributed by atoms with Crippen LogP contribution in [0.3, 0.4) is 0 Å². The van der Waals surface area contributed by atoms with E-state index in [1.165, 1.54) is 0 Å². The Hall–Kier alpha value is -1.09. The minimum Gasteiger partial charge on any atom is -0.381 e.